The van der Waals surface area contributed by atoms with Crippen molar-refractivity contribution in [3.8, 4) is 44.5 Å². The lowest BCUT2D eigenvalue weighted by atomic mass is 9.98. The Kier molecular flexibility index (Phi) is 8.09. The molecule has 1 aromatic heterocycles. The zero-order valence-corrected chi connectivity index (χ0v) is 30.4. The van der Waals surface area contributed by atoms with Crippen LogP contribution in [0.3, 0.4) is 0 Å². The van der Waals surface area contributed by atoms with Crippen LogP contribution in [0.4, 0.5) is 17.1 Å². The van der Waals surface area contributed by atoms with Crippen molar-refractivity contribution in [1.29, 1.82) is 0 Å². The molecule has 10 aromatic rings. The average Bonchev–Trinajstić information content (AvgIpc) is 3.64. The lowest BCUT2D eigenvalue weighted by Gasteiger charge is -2.28. The molecule has 1 nitrogen and oxygen atoms in total. The molecule has 0 amide bonds. The summed E-state index contributed by atoms with van der Waals surface area (Å²) in [5.74, 6) is 0. The summed E-state index contributed by atoms with van der Waals surface area (Å²) in [7, 11) is 0. The molecule has 0 fully saturated rings. The van der Waals surface area contributed by atoms with Crippen molar-refractivity contribution >= 4 is 59.3 Å². The van der Waals surface area contributed by atoms with Crippen LogP contribution in [0.5, 0.6) is 0 Å². The summed E-state index contributed by atoms with van der Waals surface area (Å²) in [6.07, 6.45) is 0. The maximum absolute atomic E-state index is 2.44. The van der Waals surface area contributed by atoms with E-state index >= 15 is 0 Å². The molecule has 54 heavy (non-hydrogen) atoms. The summed E-state index contributed by atoms with van der Waals surface area (Å²) in [6, 6.07) is 77.1. The Morgan fingerprint density at radius 1 is 0.278 bits per heavy atom. The fraction of sp³-hybridized carbons (Fsp3) is 0. The maximum Gasteiger partial charge on any atom is 0.0547 e. The predicted octanol–water partition coefficient (Wildman–Crippen LogP) is 15.3. The third kappa shape index (κ3) is 5.84. The van der Waals surface area contributed by atoms with Crippen molar-refractivity contribution in [3.63, 3.8) is 0 Å². The maximum atomic E-state index is 2.44. The predicted molar refractivity (Wildman–Crippen MR) is 233 cm³/mol. The van der Waals surface area contributed by atoms with Gasteiger partial charge in [0.05, 0.1) is 5.69 Å². The van der Waals surface area contributed by atoms with E-state index in [1.807, 2.05) is 11.3 Å². The molecule has 0 bridgehead atoms. The second-order valence-electron chi connectivity index (χ2n) is 13.7. The van der Waals surface area contributed by atoms with Gasteiger partial charge in [0.2, 0.25) is 0 Å². The van der Waals surface area contributed by atoms with E-state index in [1.54, 1.807) is 0 Å². The molecule has 0 aliphatic carbocycles. The second kappa shape index (κ2) is 13.7. The van der Waals surface area contributed by atoms with Gasteiger partial charge in [-0.15, -0.1) is 11.3 Å². The van der Waals surface area contributed by atoms with Gasteiger partial charge in [0, 0.05) is 42.3 Å². The van der Waals surface area contributed by atoms with Gasteiger partial charge in [0.15, 0.2) is 0 Å². The molecule has 10 rings (SSSR count). The van der Waals surface area contributed by atoms with Crippen molar-refractivity contribution in [3.05, 3.63) is 212 Å². The Bertz CT molecular complexity index is 2890. The molecule has 0 saturated heterocycles. The highest BCUT2D eigenvalue weighted by Crippen LogP contribution is 2.47. The lowest BCUT2D eigenvalue weighted by molar-refractivity contribution is 1.30. The summed E-state index contributed by atoms with van der Waals surface area (Å²) in [4.78, 5) is 2.44. The Morgan fingerprint density at radius 2 is 0.722 bits per heavy atom. The van der Waals surface area contributed by atoms with Crippen molar-refractivity contribution < 1.29 is 0 Å². The molecular formula is C52H35NS. The van der Waals surface area contributed by atoms with Crippen molar-refractivity contribution in [1.82, 2.24) is 0 Å². The van der Waals surface area contributed by atoms with Crippen molar-refractivity contribution in [2.75, 3.05) is 4.90 Å². The smallest absolute Gasteiger partial charge is 0.0547 e. The number of benzene rings is 9. The lowest BCUT2D eigenvalue weighted by Crippen LogP contribution is -2.10. The van der Waals surface area contributed by atoms with E-state index in [0.29, 0.717) is 0 Å². The first-order valence-electron chi connectivity index (χ1n) is 18.4. The number of thiophene rings is 1. The zero-order chi connectivity index (χ0) is 35.8. The fourth-order valence-electron chi connectivity index (χ4n) is 7.74. The minimum atomic E-state index is 1.11. The molecular weight excluding hydrogens is 671 g/mol. The number of anilines is 3. The molecule has 254 valence electrons. The Hall–Kier alpha value is -6.74. The monoisotopic (exact) mass is 705 g/mol. The van der Waals surface area contributed by atoms with Gasteiger partial charge < -0.3 is 4.90 Å². The first-order valence-corrected chi connectivity index (χ1v) is 19.2. The molecule has 0 spiro atoms. The highest BCUT2D eigenvalue weighted by molar-refractivity contribution is 7.26. The van der Waals surface area contributed by atoms with Crippen molar-refractivity contribution in [2.45, 2.75) is 0 Å². The molecule has 1 heterocycles. The molecule has 0 aliphatic heterocycles. The normalized spacial score (nSPS) is 11.3. The third-order valence-electron chi connectivity index (χ3n) is 10.5. The third-order valence-corrected chi connectivity index (χ3v) is 11.7. The van der Waals surface area contributed by atoms with Crippen LogP contribution in [0.2, 0.25) is 0 Å². The largest absolute Gasteiger partial charge is 0.310 e. The quantitative estimate of drug-likeness (QED) is 0.160. The van der Waals surface area contributed by atoms with E-state index in [-0.39, 0.29) is 0 Å². The Morgan fingerprint density at radius 3 is 1.31 bits per heavy atom. The first kappa shape index (κ1) is 32.0. The van der Waals surface area contributed by atoms with Gasteiger partial charge in [0.25, 0.3) is 0 Å². The summed E-state index contributed by atoms with van der Waals surface area (Å²) >= 11 is 1.88. The van der Waals surface area contributed by atoms with E-state index < -0.39 is 0 Å². The number of rotatable bonds is 7. The van der Waals surface area contributed by atoms with Crippen molar-refractivity contribution in [2.24, 2.45) is 0 Å². The highest BCUT2D eigenvalue weighted by Gasteiger charge is 2.20. The van der Waals surface area contributed by atoms with E-state index in [0.717, 1.165) is 17.1 Å². The first-order chi connectivity index (χ1) is 26.8. The average molecular weight is 706 g/mol. The molecule has 0 saturated carbocycles. The van der Waals surface area contributed by atoms with Crippen LogP contribution in [0.1, 0.15) is 0 Å². The summed E-state index contributed by atoms with van der Waals surface area (Å²) in [5, 5.41) is 5.09. The molecule has 0 N–H and O–H groups in total. The molecule has 0 atom stereocenters. The number of fused-ring (bicyclic) bond motifs is 5. The summed E-state index contributed by atoms with van der Waals surface area (Å²) < 4.78 is 2.64. The van der Waals surface area contributed by atoms with Gasteiger partial charge in [-0.2, -0.15) is 0 Å². The Balaban J connectivity index is 1.11. The minimum absolute atomic E-state index is 1.11. The number of hydrogen-bond acceptors (Lipinski definition) is 2. The fourth-order valence-corrected chi connectivity index (χ4v) is 8.96. The van der Waals surface area contributed by atoms with Gasteiger partial charge in [0.1, 0.15) is 0 Å². The van der Waals surface area contributed by atoms with Crippen LogP contribution in [0.25, 0.3) is 75.5 Å². The standard InChI is InChI=1S/C52H35NS/c1-3-12-36(13-4-1)38-22-24-40(25-23-38)41-30-32-44(33-31-41)53(45-17-11-16-43(34-45)42-28-26-39(27-29-42)37-14-5-2-6-15-37)50-35-49-47-19-9-10-21-51(47)54-52(49)48-20-8-7-18-46(48)50/h1-35H. The summed E-state index contributed by atoms with van der Waals surface area (Å²) in [5.41, 5.74) is 13.0. The number of nitrogens with zero attached hydrogens (tertiary/aromatic N) is 1. The van der Waals surface area contributed by atoms with Crippen LogP contribution < -0.4 is 4.90 Å². The topological polar surface area (TPSA) is 3.24 Å². The van der Waals surface area contributed by atoms with E-state index in [4.69, 9.17) is 0 Å². The second-order valence-corrected chi connectivity index (χ2v) is 14.8. The van der Waals surface area contributed by atoms with Crippen LogP contribution >= 0.6 is 11.3 Å². The molecule has 9 aromatic carbocycles. The SMILES string of the molecule is c1ccc(-c2ccc(-c3ccc(N(c4cccc(-c5ccc(-c6ccccc6)cc5)c4)c4cc5c6ccccc6sc5c5ccccc45)cc3)cc2)cc1. The molecule has 0 unspecified atom stereocenters. The van der Waals surface area contributed by atoms with Crippen LogP contribution in [-0.4, -0.2) is 0 Å². The number of hydrogen-bond donors (Lipinski definition) is 0. The van der Waals surface area contributed by atoms with E-state index in [2.05, 4.69) is 217 Å². The van der Waals surface area contributed by atoms with Crippen LogP contribution in [-0.2, 0) is 0 Å². The molecule has 0 radical (unpaired) electrons. The van der Waals surface area contributed by atoms with Crippen LogP contribution in [0, 0.1) is 0 Å². The van der Waals surface area contributed by atoms with Gasteiger partial charge in [-0.25, -0.2) is 0 Å². The van der Waals surface area contributed by atoms with E-state index in [1.165, 1.54) is 75.5 Å². The highest BCUT2D eigenvalue weighted by atomic mass is 32.1. The van der Waals surface area contributed by atoms with Gasteiger partial charge in [-0.1, -0.05) is 176 Å². The zero-order valence-electron chi connectivity index (χ0n) is 29.6. The summed E-state index contributed by atoms with van der Waals surface area (Å²) in [6.45, 7) is 0. The van der Waals surface area contributed by atoms with Crippen LogP contribution in [0.15, 0.2) is 212 Å². The molecule has 0 aliphatic rings. The van der Waals surface area contributed by atoms with Gasteiger partial charge >= 0.3 is 0 Å². The molecule has 2 heteroatoms. The van der Waals surface area contributed by atoms with Gasteiger partial charge in [-0.05, 0) is 80.9 Å². The Labute approximate surface area is 319 Å². The van der Waals surface area contributed by atoms with Gasteiger partial charge in [-0.3, -0.25) is 0 Å². The minimum Gasteiger partial charge on any atom is -0.310 e. The van der Waals surface area contributed by atoms with E-state index in [9.17, 15) is 0 Å².